The van der Waals surface area contributed by atoms with E-state index in [4.69, 9.17) is 9.47 Å². The van der Waals surface area contributed by atoms with Gasteiger partial charge in [-0.1, -0.05) is 6.58 Å². The zero-order chi connectivity index (χ0) is 24.3. The number of anilines is 1. The van der Waals surface area contributed by atoms with E-state index in [9.17, 15) is 26.7 Å². The van der Waals surface area contributed by atoms with Crippen LogP contribution in [0.4, 0.5) is 27.6 Å². The number of nitrogens with one attached hydrogen (secondary N) is 1. The molecule has 0 fully saturated rings. The van der Waals surface area contributed by atoms with Crippen LogP contribution in [0.25, 0.3) is 5.83 Å². The second kappa shape index (κ2) is 9.27. The van der Waals surface area contributed by atoms with Gasteiger partial charge in [0.1, 0.15) is 23.1 Å². The predicted octanol–water partition coefficient (Wildman–Crippen LogP) is 6.54. The van der Waals surface area contributed by atoms with Crippen LogP contribution < -0.4 is 14.8 Å². The first-order valence-electron chi connectivity index (χ1n) is 9.35. The van der Waals surface area contributed by atoms with E-state index in [1.54, 1.807) is 0 Å². The summed E-state index contributed by atoms with van der Waals surface area (Å²) in [6.07, 6.45) is -3.62. The highest BCUT2D eigenvalue weighted by molar-refractivity contribution is 6.07. The summed E-state index contributed by atoms with van der Waals surface area (Å²) in [6.45, 7) is 4.41. The number of halogens is 5. The van der Waals surface area contributed by atoms with Gasteiger partial charge in [0.2, 0.25) is 5.88 Å². The topological polar surface area (TPSA) is 60.5 Å². The van der Waals surface area contributed by atoms with Gasteiger partial charge in [0.25, 0.3) is 5.91 Å². The number of alkyl halides is 3. The zero-order valence-corrected chi connectivity index (χ0v) is 17.4. The Morgan fingerprint density at radius 3 is 2.39 bits per heavy atom. The predicted molar refractivity (Wildman–Crippen MR) is 112 cm³/mol. The first-order chi connectivity index (χ1) is 15.5. The lowest BCUT2D eigenvalue weighted by molar-refractivity contribution is -0.137. The zero-order valence-electron chi connectivity index (χ0n) is 17.4. The summed E-state index contributed by atoms with van der Waals surface area (Å²) < 4.78 is 78.6. The number of rotatable bonds is 6. The van der Waals surface area contributed by atoms with Gasteiger partial charge in [0, 0.05) is 23.5 Å². The van der Waals surface area contributed by atoms with Crippen molar-refractivity contribution in [2.75, 3.05) is 12.4 Å². The molecule has 0 radical (unpaired) electrons. The lowest BCUT2D eigenvalue weighted by Crippen LogP contribution is -2.16. The Bertz CT molecular complexity index is 1230. The normalized spacial score (nSPS) is 11.1. The van der Waals surface area contributed by atoms with E-state index in [2.05, 4.69) is 16.9 Å². The van der Waals surface area contributed by atoms with Crippen LogP contribution in [-0.2, 0) is 6.18 Å². The largest absolute Gasteiger partial charge is 0.481 e. The molecule has 3 aromatic rings. The second-order valence-corrected chi connectivity index (χ2v) is 6.85. The minimum absolute atomic E-state index is 0.0102. The third kappa shape index (κ3) is 5.46. The Hall–Kier alpha value is -3.95. The summed E-state index contributed by atoms with van der Waals surface area (Å²) in [5.41, 5.74) is -2.21. The molecule has 0 spiro atoms. The Labute approximate surface area is 185 Å². The molecular formula is C23H17F5N2O3. The Morgan fingerprint density at radius 2 is 1.79 bits per heavy atom. The van der Waals surface area contributed by atoms with Gasteiger partial charge in [-0.25, -0.2) is 13.8 Å². The molecule has 1 aromatic heterocycles. The van der Waals surface area contributed by atoms with E-state index in [1.807, 2.05) is 0 Å². The molecule has 3 rings (SSSR count). The summed E-state index contributed by atoms with van der Waals surface area (Å²) in [6, 6.07) is 7.37. The van der Waals surface area contributed by atoms with Gasteiger partial charge in [0.05, 0.1) is 18.2 Å². The summed E-state index contributed by atoms with van der Waals surface area (Å²) in [5, 5.41) is 2.47. The quantitative estimate of drug-likeness (QED) is 0.421. The summed E-state index contributed by atoms with van der Waals surface area (Å²) in [5.74, 6) is -3.18. The number of hydrogen-bond donors (Lipinski definition) is 1. The lowest BCUT2D eigenvalue weighted by Gasteiger charge is -2.18. The third-order valence-corrected chi connectivity index (χ3v) is 4.52. The molecular weight excluding hydrogens is 447 g/mol. The molecule has 33 heavy (non-hydrogen) atoms. The second-order valence-electron chi connectivity index (χ2n) is 6.85. The Morgan fingerprint density at radius 1 is 1.06 bits per heavy atom. The summed E-state index contributed by atoms with van der Waals surface area (Å²) >= 11 is 0. The number of benzene rings is 2. The molecule has 1 heterocycles. The fourth-order valence-corrected chi connectivity index (χ4v) is 2.94. The van der Waals surface area contributed by atoms with Gasteiger partial charge in [-0.2, -0.15) is 13.2 Å². The fourth-order valence-electron chi connectivity index (χ4n) is 2.94. The molecule has 0 aliphatic rings. The maximum Gasteiger partial charge on any atom is 0.417 e. The van der Waals surface area contributed by atoms with E-state index in [1.165, 1.54) is 38.4 Å². The molecule has 2 aromatic carbocycles. The molecule has 0 saturated heterocycles. The van der Waals surface area contributed by atoms with Crippen molar-refractivity contribution in [2.24, 2.45) is 0 Å². The molecule has 0 aliphatic carbocycles. The molecule has 0 saturated carbocycles. The van der Waals surface area contributed by atoms with Crippen LogP contribution in [0.15, 0.2) is 55.2 Å². The van der Waals surface area contributed by atoms with Crippen molar-refractivity contribution in [2.45, 2.75) is 13.1 Å². The van der Waals surface area contributed by atoms with Crippen LogP contribution in [0.1, 0.15) is 27.0 Å². The molecule has 0 unspecified atom stereocenters. The number of amides is 1. The molecule has 5 nitrogen and oxygen atoms in total. The molecule has 0 bridgehead atoms. The smallest absolute Gasteiger partial charge is 0.417 e. The summed E-state index contributed by atoms with van der Waals surface area (Å²) in [7, 11) is 1.36. The van der Waals surface area contributed by atoms with Crippen molar-refractivity contribution in [1.29, 1.82) is 0 Å². The number of methoxy groups -OCH3 is 1. The van der Waals surface area contributed by atoms with Crippen molar-refractivity contribution in [3.63, 3.8) is 0 Å². The molecule has 0 aliphatic heterocycles. The van der Waals surface area contributed by atoms with Gasteiger partial charge >= 0.3 is 6.18 Å². The first-order valence-corrected chi connectivity index (χ1v) is 9.35. The Kier molecular flexibility index (Phi) is 6.66. The highest BCUT2D eigenvalue weighted by Crippen LogP contribution is 2.40. The van der Waals surface area contributed by atoms with E-state index >= 15 is 0 Å². The maximum atomic E-state index is 13.9. The van der Waals surface area contributed by atoms with Crippen LogP contribution in [0, 0.1) is 12.7 Å². The number of ether oxygens (including phenoxy) is 2. The minimum atomic E-state index is -4.96. The van der Waals surface area contributed by atoms with Crippen molar-refractivity contribution in [1.82, 2.24) is 4.98 Å². The first kappa shape index (κ1) is 23.7. The van der Waals surface area contributed by atoms with E-state index in [0.717, 1.165) is 12.1 Å². The lowest BCUT2D eigenvalue weighted by atomic mass is 10.0. The fraction of sp³-hybridized carbons (Fsp3) is 0.130. The average Bonchev–Trinajstić information content (AvgIpc) is 2.74. The number of carbonyl (C=O) groups is 1. The average molecular weight is 464 g/mol. The number of aromatic nitrogens is 1. The maximum absolute atomic E-state index is 13.9. The van der Waals surface area contributed by atoms with Crippen molar-refractivity contribution in [3.05, 3.63) is 83.3 Å². The SMILES string of the molecule is C=C(F)c1cc(C(=O)Nc2ccnc(OC)c2)c(Oc2ccc(F)cc2C)cc1C(F)(F)F. The molecule has 0 atom stereocenters. The van der Waals surface area contributed by atoms with E-state index in [-0.39, 0.29) is 22.9 Å². The van der Waals surface area contributed by atoms with Crippen LogP contribution in [0.2, 0.25) is 0 Å². The molecule has 1 N–H and O–H groups in total. The van der Waals surface area contributed by atoms with Crippen molar-refractivity contribution < 1.29 is 36.2 Å². The summed E-state index contributed by atoms with van der Waals surface area (Å²) in [4.78, 5) is 16.8. The minimum Gasteiger partial charge on any atom is -0.481 e. The molecule has 1 amide bonds. The van der Waals surface area contributed by atoms with Crippen LogP contribution in [0.3, 0.4) is 0 Å². The van der Waals surface area contributed by atoms with Crippen LogP contribution in [0.5, 0.6) is 17.4 Å². The third-order valence-electron chi connectivity index (χ3n) is 4.52. The standard InChI is InChI=1S/C23H17F5N2O3/c1-12-8-14(25)4-5-19(12)33-20-11-18(23(26,27)28)16(13(2)24)10-17(20)22(31)30-15-6-7-29-21(9-15)32-3/h4-11H,2H2,1,3H3,(H,29,30,31). The van der Waals surface area contributed by atoms with Gasteiger partial charge in [-0.15, -0.1) is 0 Å². The van der Waals surface area contributed by atoms with Gasteiger partial charge in [0.15, 0.2) is 0 Å². The number of pyridine rings is 1. The number of carbonyl (C=O) groups excluding carboxylic acids is 1. The Balaban J connectivity index is 2.13. The van der Waals surface area contributed by atoms with Crippen LogP contribution >= 0.6 is 0 Å². The number of hydrogen-bond acceptors (Lipinski definition) is 4. The van der Waals surface area contributed by atoms with Crippen LogP contribution in [-0.4, -0.2) is 18.0 Å². The number of aryl methyl sites for hydroxylation is 1. The van der Waals surface area contributed by atoms with Gasteiger partial charge < -0.3 is 14.8 Å². The van der Waals surface area contributed by atoms with E-state index < -0.39 is 46.2 Å². The van der Waals surface area contributed by atoms with Crippen molar-refractivity contribution in [3.8, 4) is 17.4 Å². The van der Waals surface area contributed by atoms with E-state index in [0.29, 0.717) is 12.1 Å². The number of nitrogens with zero attached hydrogens (tertiary/aromatic N) is 1. The monoisotopic (exact) mass is 464 g/mol. The highest BCUT2D eigenvalue weighted by atomic mass is 19.4. The van der Waals surface area contributed by atoms with Crippen molar-refractivity contribution >= 4 is 17.4 Å². The molecule has 10 heteroatoms. The molecule has 172 valence electrons. The van der Waals surface area contributed by atoms with Gasteiger partial charge in [-0.05, 0) is 48.9 Å². The van der Waals surface area contributed by atoms with Gasteiger partial charge in [-0.3, -0.25) is 4.79 Å². The highest BCUT2D eigenvalue weighted by Gasteiger charge is 2.36.